The van der Waals surface area contributed by atoms with Gasteiger partial charge in [-0.25, -0.2) is 17.2 Å². The lowest BCUT2D eigenvalue weighted by Crippen LogP contribution is -2.33. The summed E-state index contributed by atoms with van der Waals surface area (Å²) in [6.45, 7) is 4.60. The van der Waals surface area contributed by atoms with Gasteiger partial charge in [0.15, 0.2) is 15.9 Å². The molecule has 3 rings (SSSR count). The first-order chi connectivity index (χ1) is 13.4. The standard InChI is InChI=1S/C21H23F2NO4S/c1-13-5-6-15-11-24(12-16(15)9-13)20(25)18-10-17(29(4,26)27)7-8-19(18)28-14(2)21(3,22)23/h5-10,14H,11-12H2,1-4H3. The second kappa shape index (κ2) is 7.40. The number of rotatable bonds is 5. The van der Waals surface area contributed by atoms with E-state index < -0.39 is 27.8 Å². The molecule has 0 bridgehead atoms. The van der Waals surface area contributed by atoms with Crippen molar-refractivity contribution in [1.29, 1.82) is 0 Å². The van der Waals surface area contributed by atoms with Crippen LogP contribution in [0.2, 0.25) is 0 Å². The van der Waals surface area contributed by atoms with Crippen LogP contribution in [0.3, 0.4) is 0 Å². The lowest BCUT2D eigenvalue weighted by molar-refractivity contribution is -0.0720. The number of aryl methyl sites for hydroxylation is 1. The minimum absolute atomic E-state index is 0.0476. The smallest absolute Gasteiger partial charge is 0.281 e. The molecule has 0 fully saturated rings. The van der Waals surface area contributed by atoms with Gasteiger partial charge in [0.1, 0.15) is 5.75 Å². The quantitative estimate of drug-likeness (QED) is 0.730. The number of ether oxygens (including phenoxy) is 1. The molecule has 8 heteroatoms. The Morgan fingerprint density at radius 3 is 2.41 bits per heavy atom. The average Bonchev–Trinajstić information content (AvgIpc) is 3.02. The van der Waals surface area contributed by atoms with Crippen molar-refractivity contribution in [2.24, 2.45) is 0 Å². The molecule has 0 saturated heterocycles. The van der Waals surface area contributed by atoms with E-state index in [0.29, 0.717) is 13.1 Å². The molecule has 1 amide bonds. The van der Waals surface area contributed by atoms with Crippen molar-refractivity contribution < 1.29 is 26.7 Å². The van der Waals surface area contributed by atoms with Gasteiger partial charge in [-0.15, -0.1) is 0 Å². The van der Waals surface area contributed by atoms with Crippen LogP contribution in [-0.2, 0) is 22.9 Å². The van der Waals surface area contributed by atoms with Gasteiger partial charge in [-0.1, -0.05) is 23.8 Å². The first kappa shape index (κ1) is 21.2. The van der Waals surface area contributed by atoms with E-state index >= 15 is 0 Å². The molecule has 1 heterocycles. The maximum absolute atomic E-state index is 13.6. The molecule has 1 aliphatic rings. The highest BCUT2D eigenvalue weighted by Crippen LogP contribution is 2.31. The number of hydrogen-bond acceptors (Lipinski definition) is 4. The third-order valence-electron chi connectivity index (χ3n) is 5.00. The van der Waals surface area contributed by atoms with Crippen LogP contribution < -0.4 is 4.74 Å². The van der Waals surface area contributed by atoms with Crippen LogP contribution in [0.15, 0.2) is 41.3 Å². The van der Waals surface area contributed by atoms with Crippen molar-refractivity contribution in [3.63, 3.8) is 0 Å². The van der Waals surface area contributed by atoms with Gasteiger partial charge in [-0.3, -0.25) is 4.79 Å². The van der Waals surface area contributed by atoms with E-state index in [4.69, 9.17) is 4.74 Å². The summed E-state index contributed by atoms with van der Waals surface area (Å²) in [5, 5.41) is 0. The highest BCUT2D eigenvalue weighted by atomic mass is 32.2. The van der Waals surface area contributed by atoms with Gasteiger partial charge in [0.2, 0.25) is 0 Å². The van der Waals surface area contributed by atoms with E-state index in [0.717, 1.165) is 29.9 Å². The summed E-state index contributed by atoms with van der Waals surface area (Å²) in [6, 6.07) is 9.61. The fourth-order valence-corrected chi connectivity index (χ4v) is 3.79. The molecular weight excluding hydrogens is 400 g/mol. The van der Waals surface area contributed by atoms with E-state index in [1.54, 1.807) is 4.90 Å². The molecule has 5 nitrogen and oxygen atoms in total. The molecule has 1 unspecified atom stereocenters. The maximum Gasteiger partial charge on any atom is 0.281 e. The Morgan fingerprint density at radius 1 is 1.14 bits per heavy atom. The van der Waals surface area contributed by atoms with E-state index in [2.05, 4.69) is 0 Å². The van der Waals surface area contributed by atoms with Crippen LogP contribution in [0.5, 0.6) is 5.75 Å². The Hall–Kier alpha value is -2.48. The van der Waals surface area contributed by atoms with Crippen molar-refractivity contribution in [2.75, 3.05) is 6.26 Å². The van der Waals surface area contributed by atoms with Crippen LogP contribution in [0.4, 0.5) is 8.78 Å². The van der Waals surface area contributed by atoms with Gasteiger partial charge in [0, 0.05) is 26.3 Å². The van der Waals surface area contributed by atoms with Crippen molar-refractivity contribution in [3.8, 4) is 5.75 Å². The molecule has 1 atom stereocenters. The number of sulfone groups is 1. The molecule has 1 aliphatic heterocycles. The molecule has 29 heavy (non-hydrogen) atoms. The highest BCUT2D eigenvalue weighted by Gasteiger charge is 2.34. The molecule has 0 saturated carbocycles. The van der Waals surface area contributed by atoms with Crippen molar-refractivity contribution in [2.45, 2.75) is 50.8 Å². The zero-order valence-electron chi connectivity index (χ0n) is 16.7. The zero-order valence-corrected chi connectivity index (χ0v) is 17.5. The minimum Gasteiger partial charge on any atom is -0.484 e. The fraction of sp³-hybridized carbons (Fsp3) is 0.381. The van der Waals surface area contributed by atoms with Gasteiger partial charge in [-0.05, 0) is 43.2 Å². The topological polar surface area (TPSA) is 63.7 Å². The number of halogens is 2. The Bertz CT molecular complexity index is 1060. The zero-order chi connectivity index (χ0) is 21.6. The van der Waals surface area contributed by atoms with Crippen molar-refractivity contribution >= 4 is 15.7 Å². The largest absolute Gasteiger partial charge is 0.484 e. The molecule has 2 aromatic rings. The Kier molecular flexibility index (Phi) is 5.42. The SMILES string of the molecule is Cc1ccc2c(c1)CN(C(=O)c1cc(S(C)(=O)=O)ccc1OC(C)C(C)(F)F)C2. The third kappa shape index (κ3) is 4.58. The molecule has 0 N–H and O–H groups in total. The predicted molar refractivity (Wildman–Crippen MR) is 105 cm³/mol. The first-order valence-corrected chi connectivity index (χ1v) is 11.0. The predicted octanol–water partition coefficient (Wildman–Crippen LogP) is 3.98. The molecule has 156 valence electrons. The van der Waals surface area contributed by atoms with Gasteiger partial charge in [0.25, 0.3) is 11.8 Å². The molecule has 0 radical (unpaired) electrons. The Labute approximate surface area is 169 Å². The summed E-state index contributed by atoms with van der Waals surface area (Å²) in [4.78, 5) is 14.7. The summed E-state index contributed by atoms with van der Waals surface area (Å²) >= 11 is 0. The first-order valence-electron chi connectivity index (χ1n) is 9.12. The highest BCUT2D eigenvalue weighted by molar-refractivity contribution is 7.90. The number of fused-ring (bicyclic) bond motifs is 1. The number of amides is 1. The number of benzene rings is 2. The van der Waals surface area contributed by atoms with E-state index in [1.165, 1.54) is 25.1 Å². The van der Waals surface area contributed by atoms with Crippen molar-refractivity contribution in [3.05, 3.63) is 58.7 Å². The summed E-state index contributed by atoms with van der Waals surface area (Å²) in [5.74, 6) is -3.66. The van der Waals surface area contributed by atoms with Crippen LogP contribution >= 0.6 is 0 Å². The molecule has 2 aromatic carbocycles. The minimum atomic E-state index is -3.59. The third-order valence-corrected chi connectivity index (χ3v) is 6.11. The molecule has 0 aromatic heterocycles. The van der Waals surface area contributed by atoms with Gasteiger partial charge in [-0.2, -0.15) is 0 Å². The Morgan fingerprint density at radius 2 is 1.79 bits per heavy atom. The second-order valence-electron chi connectivity index (χ2n) is 7.58. The van der Waals surface area contributed by atoms with E-state index in [-0.39, 0.29) is 16.2 Å². The lowest BCUT2D eigenvalue weighted by Gasteiger charge is -2.24. The number of hydrogen-bond donors (Lipinski definition) is 0. The van der Waals surface area contributed by atoms with Gasteiger partial charge < -0.3 is 9.64 Å². The average molecular weight is 423 g/mol. The van der Waals surface area contributed by atoms with Crippen LogP contribution in [-0.4, -0.2) is 37.5 Å². The normalized spacial score (nSPS) is 15.2. The summed E-state index contributed by atoms with van der Waals surface area (Å²) in [6.07, 6.45) is -0.467. The molecule has 0 spiro atoms. The number of nitrogens with zero attached hydrogens (tertiary/aromatic N) is 1. The summed E-state index contributed by atoms with van der Waals surface area (Å²) in [5.41, 5.74) is 3.03. The van der Waals surface area contributed by atoms with Crippen LogP contribution in [0, 0.1) is 6.92 Å². The van der Waals surface area contributed by atoms with Gasteiger partial charge in [0.05, 0.1) is 10.5 Å². The van der Waals surface area contributed by atoms with Crippen molar-refractivity contribution in [1.82, 2.24) is 4.90 Å². The molecular formula is C21H23F2NO4S. The Balaban J connectivity index is 1.98. The number of carbonyl (C=O) groups is 1. The monoisotopic (exact) mass is 423 g/mol. The second-order valence-corrected chi connectivity index (χ2v) is 9.60. The van der Waals surface area contributed by atoms with E-state index in [9.17, 15) is 22.0 Å². The number of alkyl halides is 2. The van der Waals surface area contributed by atoms with Crippen LogP contribution in [0.1, 0.15) is 40.9 Å². The maximum atomic E-state index is 13.6. The molecule has 0 aliphatic carbocycles. The number of carbonyl (C=O) groups excluding carboxylic acids is 1. The van der Waals surface area contributed by atoms with Crippen LogP contribution in [0.25, 0.3) is 0 Å². The summed E-state index contributed by atoms with van der Waals surface area (Å²) in [7, 11) is -3.59. The lowest BCUT2D eigenvalue weighted by atomic mass is 10.1. The fourth-order valence-electron chi connectivity index (χ4n) is 3.14. The summed E-state index contributed by atoms with van der Waals surface area (Å²) < 4.78 is 56.5. The van der Waals surface area contributed by atoms with E-state index in [1.807, 2.05) is 25.1 Å². The van der Waals surface area contributed by atoms with Gasteiger partial charge >= 0.3 is 0 Å².